The van der Waals surface area contributed by atoms with Crippen molar-refractivity contribution in [2.75, 3.05) is 26.2 Å². The van der Waals surface area contributed by atoms with E-state index in [-0.39, 0.29) is 5.91 Å². The van der Waals surface area contributed by atoms with Crippen molar-refractivity contribution >= 4 is 60.7 Å². The number of piperazine rings is 1. The second-order valence-electron chi connectivity index (χ2n) is 5.39. The minimum Gasteiger partial charge on any atom is -0.335 e. The first-order chi connectivity index (χ1) is 11.0. The van der Waals surface area contributed by atoms with Crippen LogP contribution in [0.15, 0.2) is 38.6 Å². The number of hydrogen-bond donors (Lipinski definition) is 0. The van der Waals surface area contributed by atoms with E-state index in [0.29, 0.717) is 0 Å². The molecule has 1 amide bonds. The molecule has 1 aliphatic rings. The molecular formula is C16H15Br2ClN2OS. The van der Waals surface area contributed by atoms with Gasteiger partial charge in [-0.25, -0.2) is 0 Å². The number of benzene rings is 1. The number of hydrogen-bond acceptors (Lipinski definition) is 3. The van der Waals surface area contributed by atoms with Gasteiger partial charge in [0.1, 0.15) is 0 Å². The van der Waals surface area contributed by atoms with Crippen LogP contribution < -0.4 is 0 Å². The Balaban J connectivity index is 1.58. The average molecular weight is 479 g/mol. The zero-order chi connectivity index (χ0) is 16.4. The van der Waals surface area contributed by atoms with E-state index in [0.717, 1.165) is 56.4 Å². The molecule has 1 saturated heterocycles. The lowest BCUT2D eigenvalue weighted by Gasteiger charge is -2.34. The first-order valence-electron chi connectivity index (χ1n) is 7.24. The number of carbonyl (C=O) groups excluding carboxylic acids is 1. The average Bonchev–Trinajstić information content (AvgIpc) is 2.89. The fraction of sp³-hybridized carbons (Fsp3) is 0.312. The summed E-state index contributed by atoms with van der Waals surface area (Å²) in [5.74, 6) is 0.110. The highest BCUT2D eigenvalue weighted by Gasteiger charge is 2.24. The topological polar surface area (TPSA) is 23.6 Å². The van der Waals surface area contributed by atoms with Gasteiger partial charge in [-0.1, -0.05) is 29.8 Å². The molecule has 0 N–H and O–H groups in total. The van der Waals surface area contributed by atoms with Gasteiger partial charge in [0.15, 0.2) is 0 Å². The molecule has 0 radical (unpaired) electrons. The van der Waals surface area contributed by atoms with Crippen LogP contribution in [0.4, 0.5) is 0 Å². The first kappa shape index (κ1) is 17.4. The Labute approximate surface area is 161 Å². The van der Waals surface area contributed by atoms with Crippen LogP contribution in [0.2, 0.25) is 5.02 Å². The third-order valence-corrected chi connectivity index (χ3v) is 7.48. The van der Waals surface area contributed by atoms with Crippen LogP contribution in [0.25, 0.3) is 0 Å². The van der Waals surface area contributed by atoms with E-state index in [1.54, 1.807) is 0 Å². The summed E-state index contributed by atoms with van der Waals surface area (Å²) < 4.78 is 1.89. The predicted octanol–water partition coefficient (Wildman–Crippen LogP) is 4.88. The lowest BCUT2D eigenvalue weighted by Crippen LogP contribution is -2.48. The van der Waals surface area contributed by atoms with Crippen LogP contribution in [0.3, 0.4) is 0 Å². The standard InChI is InChI=1S/C16H15Br2ClN2OS/c17-12-9-14(23-15(12)18)16(22)21-7-5-20(6-8-21)10-11-3-1-2-4-13(11)19/h1-4,9H,5-8,10H2. The Hall–Kier alpha value is -0.400. The van der Waals surface area contributed by atoms with Gasteiger partial charge in [0.05, 0.1) is 8.66 Å². The predicted molar refractivity (Wildman–Crippen MR) is 102 cm³/mol. The molecule has 0 unspecified atom stereocenters. The maximum absolute atomic E-state index is 12.5. The van der Waals surface area contributed by atoms with Crippen LogP contribution in [-0.4, -0.2) is 41.9 Å². The molecule has 23 heavy (non-hydrogen) atoms. The first-order valence-corrected chi connectivity index (χ1v) is 10.0. The summed E-state index contributed by atoms with van der Waals surface area (Å²) >= 11 is 14.6. The van der Waals surface area contributed by atoms with Gasteiger partial charge in [0, 0.05) is 42.2 Å². The summed E-state index contributed by atoms with van der Waals surface area (Å²) in [5, 5.41) is 0.805. The van der Waals surface area contributed by atoms with Gasteiger partial charge in [0.2, 0.25) is 0 Å². The molecular weight excluding hydrogens is 464 g/mol. The van der Waals surface area contributed by atoms with Crippen molar-refractivity contribution in [2.24, 2.45) is 0 Å². The lowest BCUT2D eigenvalue weighted by atomic mass is 10.2. The molecule has 2 aromatic rings. The molecule has 0 bridgehead atoms. The Morgan fingerprint density at radius 3 is 2.48 bits per heavy atom. The van der Waals surface area contributed by atoms with E-state index in [1.165, 1.54) is 11.3 Å². The summed E-state index contributed by atoms with van der Waals surface area (Å²) in [5.41, 5.74) is 1.14. The van der Waals surface area contributed by atoms with Crippen molar-refractivity contribution in [2.45, 2.75) is 6.54 Å². The summed E-state index contributed by atoms with van der Waals surface area (Å²) in [4.78, 5) is 17.6. The van der Waals surface area contributed by atoms with Gasteiger partial charge >= 0.3 is 0 Å². The molecule has 3 nitrogen and oxygen atoms in total. The van der Waals surface area contributed by atoms with Gasteiger partial charge in [0.25, 0.3) is 5.91 Å². The molecule has 122 valence electrons. The zero-order valence-electron chi connectivity index (χ0n) is 12.3. The van der Waals surface area contributed by atoms with E-state index in [2.05, 4.69) is 42.8 Å². The van der Waals surface area contributed by atoms with Crippen LogP contribution in [0, 0.1) is 0 Å². The fourth-order valence-corrected chi connectivity index (χ4v) is 4.78. The maximum Gasteiger partial charge on any atom is 0.264 e. The molecule has 0 aliphatic carbocycles. The van der Waals surface area contributed by atoms with Crippen molar-refractivity contribution in [1.82, 2.24) is 9.80 Å². The molecule has 1 aromatic carbocycles. The van der Waals surface area contributed by atoms with Crippen molar-refractivity contribution in [3.05, 3.63) is 54.1 Å². The Morgan fingerprint density at radius 2 is 1.87 bits per heavy atom. The molecule has 7 heteroatoms. The molecule has 0 saturated carbocycles. The summed E-state index contributed by atoms with van der Waals surface area (Å²) in [6.07, 6.45) is 0. The third-order valence-electron chi connectivity index (χ3n) is 3.87. The summed E-state index contributed by atoms with van der Waals surface area (Å²) in [6, 6.07) is 9.81. The smallest absolute Gasteiger partial charge is 0.264 e. The van der Waals surface area contributed by atoms with Crippen LogP contribution in [0.1, 0.15) is 15.2 Å². The van der Waals surface area contributed by atoms with E-state index < -0.39 is 0 Å². The Bertz CT molecular complexity index is 694. The second-order valence-corrected chi connectivity index (χ2v) is 9.02. The van der Waals surface area contributed by atoms with Crippen molar-refractivity contribution < 1.29 is 4.79 Å². The highest BCUT2D eigenvalue weighted by atomic mass is 79.9. The third kappa shape index (κ3) is 4.17. The number of rotatable bonds is 3. The van der Waals surface area contributed by atoms with Crippen LogP contribution in [0.5, 0.6) is 0 Å². The zero-order valence-corrected chi connectivity index (χ0v) is 17.0. The van der Waals surface area contributed by atoms with Crippen molar-refractivity contribution in [1.29, 1.82) is 0 Å². The number of thiophene rings is 1. The highest BCUT2D eigenvalue weighted by Crippen LogP contribution is 2.33. The van der Waals surface area contributed by atoms with Gasteiger partial charge < -0.3 is 4.90 Å². The van der Waals surface area contributed by atoms with E-state index in [9.17, 15) is 4.79 Å². The quantitative estimate of drug-likeness (QED) is 0.628. The van der Waals surface area contributed by atoms with E-state index in [1.807, 2.05) is 29.2 Å². The largest absolute Gasteiger partial charge is 0.335 e. The minimum absolute atomic E-state index is 0.110. The molecule has 0 spiro atoms. The van der Waals surface area contributed by atoms with Crippen molar-refractivity contribution in [3.8, 4) is 0 Å². The Morgan fingerprint density at radius 1 is 1.17 bits per heavy atom. The number of carbonyl (C=O) groups is 1. The monoisotopic (exact) mass is 476 g/mol. The van der Waals surface area contributed by atoms with Gasteiger partial charge in [-0.15, -0.1) is 11.3 Å². The SMILES string of the molecule is O=C(c1cc(Br)c(Br)s1)N1CCN(Cc2ccccc2Cl)CC1. The summed E-state index contributed by atoms with van der Waals surface area (Å²) in [7, 11) is 0. The number of nitrogens with zero attached hydrogens (tertiary/aromatic N) is 2. The maximum atomic E-state index is 12.5. The molecule has 3 rings (SSSR count). The lowest BCUT2D eigenvalue weighted by molar-refractivity contribution is 0.0633. The molecule has 2 heterocycles. The highest BCUT2D eigenvalue weighted by molar-refractivity contribution is 9.13. The van der Waals surface area contributed by atoms with Gasteiger partial charge in [-0.05, 0) is 49.6 Å². The molecule has 0 atom stereocenters. The normalized spacial score (nSPS) is 15.9. The fourth-order valence-electron chi connectivity index (χ4n) is 2.58. The number of amides is 1. The van der Waals surface area contributed by atoms with Gasteiger partial charge in [-0.3, -0.25) is 9.69 Å². The molecule has 1 aliphatic heterocycles. The second kappa shape index (κ2) is 7.66. The molecule has 1 aromatic heterocycles. The summed E-state index contributed by atoms with van der Waals surface area (Å²) in [6.45, 7) is 4.06. The molecule has 1 fully saturated rings. The van der Waals surface area contributed by atoms with E-state index >= 15 is 0 Å². The number of halogens is 3. The minimum atomic E-state index is 0.110. The van der Waals surface area contributed by atoms with Gasteiger partial charge in [-0.2, -0.15) is 0 Å². The van der Waals surface area contributed by atoms with Crippen LogP contribution in [-0.2, 0) is 6.54 Å². The van der Waals surface area contributed by atoms with E-state index in [4.69, 9.17) is 11.6 Å². The van der Waals surface area contributed by atoms with Crippen molar-refractivity contribution in [3.63, 3.8) is 0 Å². The Kier molecular flexibility index (Phi) is 5.80. The van der Waals surface area contributed by atoms with Crippen LogP contribution >= 0.6 is 54.8 Å².